The largest absolute Gasteiger partial charge is 0.356 e. The minimum absolute atomic E-state index is 0. The smallest absolute Gasteiger partial charge is 0.191 e. The van der Waals surface area contributed by atoms with Crippen molar-refractivity contribution in [1.82, 2.24) is 25.3 Å². The Morgan fingerprint density at radius 3 is 2.48 bits per heavy atom. The Hall–Kier alpha value is -0.830. The summed E-state index contributed by atoms with van der Waals surface area (Å²) in [5.41, 5.74) is 3.71. The van der Waals surface area contributed by atoms with Crippen molar-refractivity contribution in [3.8, 4) is 0 Å². The molecule has 0 aliphatic carbocycles. The Morgan fingerprint density at radius 1 is 1.30 bits per heavy atom. The first-order valence-corrected chi connectivity index (χ1v) is 10.1. The molecule has 0 spiro atoms. The number of aromatic nitrogens is 2. The van der Waals surface area contributed by atoms with E-state index in [1.165, 1.54) is 50.2 Å². The summed E-state index contributed by atoms with van der Waals surface area (Å²) in [7, 11) is 3.86. The van der Waals surface area contributed by atoms with Crippen molar-refractivity contribution in [2.75, 3.05) is 33.2 Å². The molecule has 1 unspecified atom stereocenters. The highest BCUT2D eigenvalue weighted by molar-refractivity contribution is 14.0. The molecule has 0 amide bonds. The Labute approximate surface area is 182 Å². The highest BCUT2D eigenvalue weighted by atomic mass is 127. The van der Waals surface area contributed by atoms with Crippen LogP contribution in [0.1, 0.15) is 50.1 Å². The normalized spacial score (nSPS) is 17.5. The number of aliphatic imine (C=N–C) groups is 1. The van der Waals surface area contributed by atoms with E-state index in [1.807, 2.05) is 18.8 Å². The predicted octanol–water partition coefficient (Wildman–Crippen LogP) is 2.87. The van der Waals surface area contributed by atoms with Gasteiger partial charge in [-0.25, -0.2) is 0 Å². The predicted molar refractivity (Wildman–Crippen MR) is 125 cm³/mol. The fourth-order valence-corrected chi connectivity index (χ4v) is 3.87. The number of nitrogens with zero attached hydrogens (tertiary/aromatic N) is 4. The fourth-order valence-electron chi connectivity index (χ4n) is 3.87. The molecule has 0 aromatic carbocycles. The topological polar surface area (TPSA) is 57.5 Å². The first kappa shape index (κ1) is 24.2. The average Bonchev–Trinajstić information content (AvgIpc) is 2.86. The minimum Gasteiger partial charge on any atom is -0.356 e. The third-order valence-electron chi connectivity index (χ3n) is 5.58. The molecule has 1 saturated heterocycles. The highest BCUT2D eigenvalue weighted by Gasteiger charge is 2.19. The second-order valence-corrected chi connectivity index (χ2v) is 7.76. The molecule has 27 heavy (non-hydrogen) atoms. The first-order chi connectivity index (χ1) is 12.4. The maximum atomic E-state index is 4.52. The lowest BCUT2D eigenvalue weighted by molar-refractivity contribution is 0.185. The number of aryl methyl sites for hydroxylation is 2. The zero-order chi connectivity index (χ0) is 19.1. The Balaban J connectivity index is 0.00000364. The third-order valence-corrected chi connectivity index (χ3v) is 5.58. The number of hydrogen-bond acceptors (Lipinski definition) is 3. The van der Waals surface area contributed by atoms with Crippen molar-refractivity contribution in [3.63, 3.8) is 0 Å². The van der Waals surface area contributed by atoms with Crippen molar-refractivity contribution in [3.05, 3.63) is 17.0 Å². The summed E-state index contributed by atoms with van der Waals surface area (Å²) in [5, 5.41) is 11.6. The number of piperidine rings is 1. The molecule has 1 aliphatic rings. The van der Waals surface area contributed by atoms with Gasteiger partial charge in [-0.3, -0.25) is 9.67 Å². The van der Waals surface area contributed by atoms with Crippen molar-refractivity contribution in [2.24, 2.45) is 18.0 Å². The Morgan fingerprint density at radius 2 is 1.96 bits per heavy atom. The minimum atomic E-state index is 0. The van der Waals surface area contributed by atoms with Gasteiger partial charge < -0.3 is 15.5 Å². The molecular formula is C20H39IN6. The van der Waals surface area contributed by atoms with E-state index in [0.717, 1.165) is 30.5 Å². The third kappa shape index (κ3) is 7.25. The summed E-state index contributed by atoms with van der Waals surface area (Å²) in [4.78, 5) is 7.00. The highest BCUT2D eigenvalue weighted by Crippen LogP contribution is 2.16. The van der Waals surface area contributed by atoms with Crippen LogP contribution in [0.15, 0.2) is 4.99 Å². The van der Waals surface area contributed by atoms with Crippen LogP contribution in [0.5, 0.6) is 0 Å². The SMILES string of the molecule is CCCN1CCC(CNC(=NC)NC(C)Cc2c(C)nn(C)c2C)CC1.I. The molecule has 1 aliphatic heterocycles. The van der Waals surface area contributed by atoms with Crippen LogP contribution in [-0.4, -0.2) is 59.9 Å². The van der Waals surface area contributed by atoms with E-state index in [9.17, 15) is 0 Å². The van der Waals surface area contributed by atoms with Crippen LogP contribution >= 0.6 is 24.0 Å². The zero-order valence-electron chi connectivity index (χ0n) is 18.0. The number of halogens is 1. The van der Waals surface area contributed by atoms with Gasteiger partial charge in [0.05, 0.1) is 5.69 Å². The quantitative estimate of drug-likeness (QED) is 0.351. The summed E-state index contributed by atoms with van der Waals surface area (Å²) >= 11 is 0. The fraction of sp³-hybridized carbons (Fsp3) is 0.800. The van der Waals surface area contributed by atoms with Gasteiger partial charge in [0.1, 0.15) is 0 Å². The van der Waals surface area contributed by atoms with Gasteiger partial charge in [-0.2, -0.15) is 5.10 Å². The molecule has 1 aromatic rings. The van der Waals surface area contributed by atoms with Gasteiger partial charge in [0.25, 0.3) is 0 Å². The van der Waals surface area contributed by atoms with Crippen molar-refractivity contribution >= 4 is 29.9 Å². The van der Waals surface area contributed by atoms with Crippen LogP contribution in [0.4, 0.5) is 0 Å². The Kier molecular flexibility index (Phi) is 10.7. The molecule has 1 atom stereocenters. The standard InChI is InChI=1S/C20H38N6.HI/c1-7-10-26-11-8-18(9-12-26)14-22-20(21-5)23-15(2)13-19-16(3)24-25(6)17(19)4;/h15,18H,7-14H2,1-6H3,(H2,21,22,23);1H. The van der Waals surface area contributed by atoms with E-state index in [-0.39, 0.29) is 24.0 Å². The number of nitrogens with one attached hydrogen (secondary N) is 2. The second-order valence-electron chi connectivity index (χ2n) is 7.76. The zero-order valence-corrected chi connectivity index (χ0v) is 20.3. The van der Waals surface area contributed by atoms with Gasteiger partial charge in [-0.1, -0.05) is 6.92 Å². The van der Waals surface area contributed by atoms with Gasteiger partial charge in [0, 0.05) is 32.4 Å². The van der Waals surface area contributed by atoms with E-state index >= 15 is 0 Å². The molecule has 7 heteroatoms. The molecule has 2 N–H and O–H groups in total. The van der Waals surface area contributed by atoms with E-state index < -0.39 is 0 Å². The summed E-state index contributed by atoms with van der Waals surface area (Å²) in [6.45, 7) is 13.4. The summed E-state index contributed by atoms with van der Waals surface area (Å²) in [6.07, 6.45) is 4.79. The maximum absolute atomic E-state index is 4.52. The van der Waals surface area contributed by atoms with Crippen LogP contribution < -0.4 is 10.6 Å². The van der Waals surface area contributed by atoms with E-state index in [1.54, 1.807) is 0 Å². The molecule has 0 saturated carbocycles. The number of hydrogen-bond donors (Lipinski definition) is 2. The molecule has 2 heterocycles. The monoisotopic (exact) mass is 490 g/mol. The lowest BCUT2D eigenvalue weighted by Gasteiger charge is -2.32. The van der Waals surface area contributed by atoms with E-state index in [0.29, 0.717) is 6.04 Å². The van der Waals surface area contributed by atoms with Gasteiger partial charge in [0.15, 0.2) is 5.96 Å². The van der Waals surface area contributed by atoms with Crippen molar-refractivity contribution in [2.45, 2.75) is 59.4 Å². The lowest BCUT2D eigenvalue weighted by Crippen LogP contribution is -2.46. The van der Waals surface area contributed by atoms with Gasteiger partial charge in [-0.15, -0.1) is 24.0 Å². The van der Waals surface area contributed by atoms with E-state index in [2.05, 4.69) is 53.3 Å². The van der Waals surface area contributed by atoms with Crippen molar-refractivity contribution < 1.29 is 0 Å². The molecule has 0 bridgehead atoms. The molecule has 2 rings (SSSR count). The molecule has 1 fully saturated rings. The average molecular weight is 490 g/mol. The summed E-state index contributed by atoms with van der Waals surface area (Å²) < 4.78 is 1.97. The Bertz CT molecular complexity index is 590. The molecule has 6 nitrogen and oxygen atoms in total. The van der Waals surface area contributed by atoms with Crippen LogP contribution in [0.3, 0.4) is 0 Å². The molecule has 1 aromatic heterocycles. The lowest BCUT2D eigenvalue weighted by atomic mass is 9.97. The molecule has 156 valence electrons. The van der Waals surface area contributed by atoms with E-state index in [4.69, 9.17) is 0 Å². The number of guanidine groups is 1. The van der Waals surface area contributed by atoms with Crippen molar-refractivity contribution in [1.29, 1.82) is 0 Å². The number of likely N-dealkylation sites (tertiary alicyclic amines) is 1. The van der Waals surface area contributed by atoms with Crippen LogP contribution in [0.2, 0.25) is 0 Å². The van der Waals surface area contributed by atoms with Gasteiger partial charge in [0.2, 0.25) is 0 Å². The second kappa shape index (κ2) is 11.9. The maximum Gasteiger partial charge on any atom is 0.191 e. The summed E-state index contributed by atoms with van der Waals surface area (Å²) in [6, 6.07) is 0.314. The molecular weight excluding hydrogens is 451 g/mol. The van der Waals surface area contributed by atoms with Crippen LogP contribution in [0, 0.1) is 19.8 Å². The first-order valence-electron chi connectivity index (χ1n) is 10.1. The van der Waals surface area contributed by atoms with Gasteiger partial charge >= 0.3 is 0 Å². The van der Waals surface area contributed by atoms with Gasteiger partial charge in [-0.05, 0) is 77.6 Å². The number of rotatable bonds is 7. The van der Waals surface area contributed by atoms with Crippen LogP contribution in [-0.2, 0) is 13.5 Å². The van der Waals surface area contributed by atoms with Crippen LogP contribution in [0.25, 0.3) is 0 Å². The summed E-state index contributed by atoms with van der Waals surface area (Å²) in [5.74, 6) is 1.66. The molecule has 0 radical (unpaired) electrons.